The van der Waals surface area contributed by atoms with Crippen LogP contribution in [0.1, 0.15) is 32.3 Å². The summed E-state index contributed by atoms with van der Waals surface area (Å²) in [6.45, 7) is 4.89. The van der Waals surface area contributed by atoms with Crippen LogP contribution in [0.15, 0.2) is 23.1 Å². The van der Waals surface area contributed by atoms with Gasteiger partial charge in [-0.25, -0.2) is 8.42 Å². The second kappa shape index (κ2) is 6.02. The van der Waals surface area contributed by atoms with Gasteiger partial charge in [-0.2, -0.15) is 4.31 Å². The number of nitrogens with two attached hydrogens (primary N) is 1. The van der Waals surface area contributed by atoms with E-state index in [1.807, 2.05) is 13.8 Å². The van der Waals surface area contributed by atoms with E-state index >= 15 is 0 Å². The molecule has 0 radical (unpaired) electrons. The topological polar surface area (TPSA) is 63.4 Å². The molecule has 6 heteroatoms. The molecule has 112 valence electrons. The van der Waals surface area contributed by atoms with Crippen LogP contribution in [0.4, 0.5) is 0 Å². The summed E-state index contributed by atoms with van der Waals surface area (Å²) in [6, 6.07) is 4.94. The van der Waals surface area contributed by atoms with Crippen LogP contribution >= 0.6 is 11.6 Å². The zero-order chi connectivity index (χ0) is 14.9. The van der Waals surface area contributed by atoms with Gasteiger partial charge < -0.3 is 5.73 Å². The molecule has 0 unspecified atom stereocenters. The number of sulfonamides is 1. The molecule has 1 saturated carbocycles. The van der Waals surface area contributed by atoms with E-state index in [1.54, 1.807) is 16.4 Å². The molecule has 0 heterocycles. The molecule has 20 heavy (non-hydrogen) atoms. The van der Waals surface area contributed by atoms with Crippen molar-refractivity contribution in [2.75, 3.05) is 6.54 Å². The van der Waals surface area contributed by atoms with Gasteiger partial charge in [0.1, 0.15) is 0 Å². The minimum atomic E-state index is -3.47. The normalized spacial score (nSPS) is 16.1. The molecule has 1 aromatic rings. The Kier molecular flexibility index (Phi) is 4.74. The number of hydrogen-bond acceptors (Lipinski definition) is 3. The third-order valence-electron chi connectivity index (χ3n) is 3.35. The molecule has 1 aromatic carbocycles. The van der Waals surface area contributed by atoms with Crippen molar-refractivity contribution < 1.29 is 8.42 Å². The summed E-state index contributed by atoms with van der Waals surface area (Å²) in [6.07, 6.45) is 1.89. The quantitative estimate of drug-likeness (QED) is 0.877. The Morgan fingerprint density at radius 3 is 2.50 bits per heavy atom. The molecule has 0 spiro atoms. The Morgan fingerprint density at radius 2 is 2.05 bits per heavy atom. The summed E-state index contributed by atoms with van der Waals surface area (Å²) < 4.78 is 27.1. The molecule has 2 rings (SSSR count). The first-order chi connectivity index (χ1) is 9.36. The molecule has 4 nitrogen and oxygen atoms in total. The second-order valence-electron chi connectivity index (χ2n) is 5.66. The highest BCUT2D eigenvalue weighted by molar-refractivity contribution is 7.89. The fourth-order valence-corrected chi connectivity index (χ4v) is 4.35. The number of nitrogens with zero attached hydrogens (tertiary/aromatic N) is 1. The molecule has 2 N–H and O–H groups in total. The Bertz CT molecular complexity index is 583. The van der Waals surface area contributed by atoms with Crippen LogP contribution < -0.4 is 5.73 Å². The van der Waals surface area contributed by atoms with Gasteiger partial charge in [0.15, 0.2) is 0 Å². The third-order valence-corrected chi connectivity index (χ3v) is 5.62. The Balaban J connectivity index is 2.34. The molecular weight excluding hydrogens is 296 g/mol. The Labute approximate surface area is 126 Å². The minimum Gasteiger partial charge on any atom is -0.326 e. The molecule has 1 aliphatic rings. The number of hydrogen-bond donors (Lipinski definition) is 1. The number of benzene rings is 1. The molecule has 0 atom stereocenters. The summed E-state index contributed by atoms with van der Waals surface area (Å²) in [4.78, 5) is 0.257. The number of rotatable bonds is 6. The van der Waals surface area contributed by atoms with Crippen molar-refractivity contribution in [1.82, 2.24) is 4.31 Å². The average molecular weight is 317 g/mol. The van der Waals surface area contributed by atoms with Gasteiger partial charge in [-0.3, -0.25) is 0 Å². The van der Waals surface area contributed by atoms with Crippen molar-refractivity contribution >= 4 is 21.6 Å². The van der Waals surface area contributed by atoms with E-state index < -0.39 is 10.0 Å². The monoisotopic (exact) mass is 316 g/mol. The molecule has 0 aliphatic heterocycles. The lowest BCUT2D eigenvalue weighted by Gasteiger charge is -2.24. The maximum Gasteiger partial charge on any atom is 0.243 e. The van der Waals surface area contributed by atoms with Crippen molar-refractivity contribution in [1.29, 1.82) is 0 Å². The zero-order valence-corrected chi connectivity index (χ0v) is 13.4. The fourth-order valence-electron chi connectivity index (χ4n) is 2.16. The summed E-state index contributed by atoms with van der Waals surface area (Å²) in [5, 5.41) is 0.411. The lowest BCUT2D eigenvalue weighted by Crippen LogP contribution is -2.36. The molecule has 0 amide bonds. The van der Waals surface area contributed by atoms with E-state index in [1.165, 1.54) is 6.07 Å². The molecule has 1 aliphatic carbocycles. The van der Waals surface area contributed by atoms with Crippen LogP contribution in [0.25, 0.3) is 0 Å². The van der Waals surface area contributed by atoms with Crippen LogP contribution in [-0.4, -0.2) is 25.3 Å². The first kappa shape index (κ1) is 15.8. The summed E-state index contributed by atoms with van der Waals surface area (Å²) in [5.74, 6) is 0.296. The summed E-state index contributed by atoms with van der Waals surface area (Å²) >= 11 is 6.08. The second-order valence-corrected chi connectivity index (χ2v) is 7.95. The first-order valence-electron chi connectivity index (χ1n) is 6.86. The number of halogens is 1. The predicted octanol–water partition coefficient (Wildman–Crippen LogP) is 2.61. The highest BCUT2D eigenvalue weighted by atomic mass is 35.5. The van der Waals surface area contributed by atoms with Gasteiger partial charge >= 0.3 is 0 Å². The maximum absolute atomic E-state index is 12.7. The molecular formula is C14H21ClN2O2S. The maximum atomic E-state index is 12.7. The van der Waals surface area contributed by atoms with E-state index in [0.29, 0.717) is 24.0 Å². The molecule has 0 saturated heterocycles. The highest BCUT2D eigenvalue weighted by Crippen LogP contribution is 2.33. The SMILES string of the molecule is CC(C)CN(C1CC1)S(=O)(=O)c1ccc(CN)c(Cl)c1. The third kappa shape index (κ3) is 3.34. The van der Waals surface area contributed by atoms with Crippen LogP contribution in [-0.2, 0) is 16.6 Å². The zero-order valence-electron chi connectivity index (χ0n) is 11.8. The van der Waals surface area contributed by atoms with E-state index in [4.69, 9.17) is 17.3 Å². The van der Waals surface area contributed by atoms with Gasteiger partial charge in [0.25, 0.3) is 0 Å². The van der Waals surface area contributed by atoms with Gasteiger partial charge in [0.2, 0.25) is 10.0 Å². The summed E-state index contributed by atoms with van der Waals surface area (Å²) in [5.41, 5.74) is 6.31. The van der Waals surface area contributed by atoms with Crippen molar-refractivity contribution in [3.8, 4) is 0 Å². The lowest BCUT2D eigenvalue weighted by atomic mass is 10.2. The van der Waals surface area contributed by atoms with Crippen molar-refractivity contribution in [2.24, 2.45) is 11.7 Å². The standard InChI is InChI=1S/C14H21ClN2O2S/c1-10(2)9-17(12-4-5-12)20(18,19)13-6-3-11(8-16)14(15)7-13/h3,6-7,10,12H,4-5,8-9,16H2,1-2H3. The first-order valence-corrected chi connectivity index (χ1v) is 8.68. The average Bonchev–Trinajstić information content (AvgIpc) is 3.19. The van der Waals surface area contributed by atoms with Crippen molar-refractivity contribution in [2.45, 2.75) is 44.2 Å². The fraction of sp³-hybridized carbons (Fsp3) is 0.571. The van der Waals surface area contributed by atoms with Crippen molar-refractivity contribution in [3.63, 3.8) is 0 Å². The Morgan fingerprint density at radius 1 is 1.40 bits per heavy atom. The highest BCUT2D eigenvalue weighted by Gasteiger charge is 2.38. The van der Waals surface area contributed by atoms with Gasteiger partial charge in [-0.15, -0.1) is 0 Å². The van der Waals surface area contributed by atoms with E-state index in [-0.39, 0.29) is 10.9 Å². The van der Waals surface area contributed by atoms with Gasteiger partial charge in [-0.1, -0.05) is 31.5 Å². The van der Waals surface area contributed by atoms with Crippen molar-refractivity contribution in [3.05, 3.63) is 28.8 Å². The van der Waals surface area contributed by atoms with E-state index in [0.717, 1.165) is 18.4 Å². The Hall–Kier alpha value is -0.620. The van der Waals surface area contributed by atoms with Crippen LogP contribution in [0, 0.1) is 5.92 Å². The van der Waals surface area contributed by atoms with Crippen LogP contribution in [0.3, 0.4) is 0 Å². The lowest BCUT2D eigenvalue weighted by molar-refractivity contribution is 0.360. The van der Waals surface area contributed by atoms with E-state index in [2.05, 4.69) is 0 Å². The molecule has 1 fully saturated rings. The molecule has 0 bridgehead atoms. The largest absolute Gasteiger partial charge is 0.326 e. The van der Waals surface area contributed by atoms with Crippen LogP contribution in [0.2, 0.25) is 5.02 Å². The van der Waals surface area contributed by atoms with E-state index in [9.17, 15) is 8.42 Å². The predicted molar refractivity (Wildman–Crippen MR) is 81.1 cm³/mol. The van der Waals surface area contributed by atoms with Crippen LogP contribution in [0.5, 0.6) is 0 Å². The van der Waals surface area contributed by atoms with Gasteiger partial charge in [0, 0.05) is 24.2 Å². The smallest absolute Gasteiger partial charge is 0.243 e. The minimum absolute atomic E-state index is 0.148. The van der Waals surface area contributed by atoms with Gasteiger partial charge in [0.05, 0.1) is 4.90 Å². The molecule has 0 aromatic heterocycles. The van der Waals surface area contributed by atoms with Gasteiger partial charge in [-0.05, 0) is 36.5 Å². The summed E-state index contributed by atoms with van der Waals surface area (Å²) in [7, 11) is -3.47.